The van der Waals surface area contributed by atoms with Crippen molar-refractivity contribution in [3.8, 4) is 11.4 Å². The minimum absolute atomic E-state index is 0.117. The molecule has 1 aromatic carbocycles. The van der Waals surface area contributed by atoms with Gasteiger partial charge in [0.15, 0.2) is 5.75 Å². The molecule has 7 heteroatoms. The van der Waals surface area contributed by atoms with Gasteiger partial charge in [0.2, 0.25) is 5.69 Å². The van der Waals surface area contributed by atoms with Crippen LogP contribution in [0.5, 0.6) is 5.75 Å². The molecule has 1 heterocycles. The molecule has 5 nitrogen and oxygen atoms in total. The Balaban J connectivity index is 2.59. The molecule has 2 aromatic rings. The Hall–Kier alpha value is -2.44. The number of carboxylic acids is 1. The van der Waals surface area contributed by atoms with Crippen molar-refractivity contribution in [1.82, 2.24) is 9.78 Å². The Morgan fingerprint density at radius 2 is 2.00 bits per heavy atom. The van der Waals surface area contributed by atoms with Crippen molar-refractivity contribution in [2.45, 2.75) is 6.92 Å². The van der Waals surface area contributed by atoms with E-state index < -0.39 is 29.0 Å². The third-order valence-corrected chi connectivity index (χ3v) is 2.37. The lowest BCUT2D eigenvalue weighted by atomic mass is 10.2. The van der Waals surface area contributed by atoms with Gasteiger partial charge in [-0.25, -0.2) is 18.3 Å². The molecule has 94 valence electrons. The topological polar surface area (TPSA) is 75.4 Å². The van der Waals surface area contributed by atoms with E-state index in [-0.39, 0.29) is 11.3 Å². The molecular weight excluding hydrogens is 246 g/mol. The highest BCUT2D eigenvalue weighted by Gasteiger charge is 2.18. The Morgan fingerprint density at radius 1 is 1.33 bits per heavy atom. The molecule has 0 amide bonds. The summed E-state index contributed by atoms with van der Waals surface area (Å²) in [5.74, 6) is -3.51. The molecule has 0 aliphatic heterocycles. The van der Waals surface area contributed by atoms with Crippen LogP contribution in [0.2, 0.25) is 0 Å². The molecule has 0 aliphatic rings. The van der Waals surface area contributed by atoms with Crippen LogP contribution in [0.3, 0.4) is 0 Å². The minimum atomic E-state index is -1.46. The molecule has 0 saturated carbocycles. The van der Waals surface area contributed by atoms with E-state index in [9.17, 15) is 18.7 Å². The fraction of sp³-hybridized carbons (Fsp3) is 0.0909. The summed E-state index contributed by atoms with van der Waals surface area (Å²) in [6, 6.07) is 1.84. The van der Waals surface area contributed by atoms with E-state index in [1.54, 1.807) is 0 Å². The van der Waals surface area contributed by atoms with Gasteiger partial charge in [-0.2, -0.15) is 5.10 Å². The van der Waals surface area contributed by atoms with Gasteiger partial charge < -0.3 is 10.2 Å². The van der Waals surface area contributed by atoms with E-state index in [4.69, 9.17) is 5.11 Å². The van der Waals surface area contributed by atoms with Gasteiger partial charge in [-0.3, -0.25) is 0 Å². The second-order valence-electron chi connectivity index (χ2n) is 3.67. The van der Waals surface area contributed by atoms with Crippen LogP contribution in [0.1, 0.15) is 16.1 Å². The van der Waals surface area contributed by atoms with Crippen molar-refractivity contribution < 1.29 is 23.8 Å². The van der Waals surface area contributed by atoms with Crippen LogP contribution in [0.4, 0.5) is 8.78 Å². The monoisotopic (exact) mass is 254 g/mol. The number of aromatic hydroxyl groups is 1. The third-order valence-electron chi connectivity index (χ3n) is 2.37. The summed E-state index contributed by atoms with van der Waals surface area (Å²) in [5.41, 5.74) is -0.789. The van der Waals surface area contributed by atoms with Crippen LogP contribution in [-0.4, -0.2) is 26.0 Å². The first-order valence-corrected chi connectivity index (χ1v) is 4.88. The molecule has 0 fully saturated rings. The van der Waals surface area contributed by atoms with Gasteiger partial charge in [-0.05, 0) is 18.6 Å². The van der Waals surface area contributed by atoms with E-state index >= 15 is 0 Å². The molecule has 0 spiro atoms. The maximum absolute atomic E-state index is 13.6. The van der Waals surface area contributed by atoms with Gasteiger partial charge in [0.1, 0.15) is 17.3 Å². The number of aryl methyl sites for hydroxylation is 1. The Morgan fingerprint density at radius 3 is 2.56 bits per heavy atom. The van der Waals surface area contributed by atoms with Crippen molar-refractivity contribution in [3.05, 3.63) is 41.2 Å². The Kier molecular flexibility index (Phi) is 2.74. The number of aromatic carboxylic acids is 1. The highest BCUT2D eigenvalue weighted by molar-refractivity contribution is 5.88. The second kappa shape index (κ2) is 4.10. The highest BCUT2D eigenvalue weighted by Crippen LogP contribution is 2.22. The lowest BCUT2D eigenvalue weighted by molar-refractivity contribution is 0.0687. The number of carbonyl (C=O) groups is 1. The van der Waals surface area contributed by atoms with Crippen LogP contribution in [0.15, 0.2) is 18.3 Å². The molecule has 0 saturated heterocycles. The number of aromatic nitrogens is 2. The maximum atomic E-state index is 13.6. The fourth-order valence-electron chi connectivity index (χ4n) is 1.45. The molecule has 18 heavy (non-hydrogen) atoms. The first kappa shape index (κ1) is 12.0. The SMILES string of the molecule is Cc1cc(F)c(-n2cc(O)c(C(=O)O)n2)cc1F. The van der Waals surface area contributed by atoms with Crippen molar-refractivity contribution in [2.75, 3.05) is 0 Å². The third kappa shape index (κ3) is 1.90. The molecule has 0 bridgehead atoms. The first-order valence-electron chi connectivity index (χ1n) is 4.88. The van der Waals surface area contributed by atoms with Gasteiger partial charge in [0.25, 0.3) is 0 Å². The van der Waals surface area contributed by atoms with E-state index in [1.165, 1.54) is 6.92 Å². The van der Waals surface area contributed by atoms with Gasteiger partial charge in [0.05, 0.1) is 6.20 Å². The largest absolute Gasteiger partial charge is 0.504 e. The summed E-state index contributed by atoms with van der Waals surface area (Å²) in [4.78, 5) is 10.7. The van der Waals surface area contributed by atoms with Gasteiger partial charge in [-0.1, -0.05) is 0 Å². The van der Waals surface area contributed by atoms with Crippen LogP contribution < -0.4 is 0 Å². The van der Waals surface area contributed by atoms with Crippen LogP contribution >= 0.6 is 0 Å². The predicted octanol–water partition coefficient (Wildman–Crippen LogP) is 1.86. The summed E-state index contributed by atoms with van der Waals surface area (Å²) >= 11 is 0. The number of rotatable bonds is 2. The standard InChI is InChI=1S/C11H8F2N2O3/c1-5-2-7(13)8(3-6(5)12)15-4-9(16)10(14-15)11(17)18/h2-4,16H,1H3,(H,17,18). The molecular formula is C11H8F2N2O3. The zero-order valence-corrected chi connectivity index (χ0v) is 9.19. The maximum Gasteiger partial charge on any atom is 0.360 e. The molecule has 2 rings (SSSR count). The molecule has 2 N–H and O–H groups in total. The number of benzene rings is 1. The van der Waals surface area contributed by atoms with Gasteiger partial charge >= 0.3 is 5.97 Å². The zero-order chi connectivity index (χ0) is 13.4. The van der Waals surface area contributed by atoms with E-state index in [0.717, 1.165) is 23.0 Å². The molecule has 1 aromatic heterocycles. The highest BCUT2D eigenvalue weighted by atomic mass is 19.1. The summed E-state index contributed by atoms with van der Waals surface area (Å²) in [6.07, 6.45) is 0.899. The number of hydrogen-bond donors (Lipinski definition) is 2. The predicted molar refractivity (Wildman–Crippen MR) is 56.8 cm³/mol. The average Bonchev–Trinajstić information content (AvgIpc) is 2.65. The first-order chi connectivity index (χ1) is 8.40. The van der Waals surface area contributed by atoms with Gasteiger partial charge in [0, 0.05) is 6.07 Å². The number of halogens is 2. The van der Waals surface area contributed by atoms with E-state index in [1.807, 2.05) is 0 Å². The summed E-state index contributed by atoms with van der Waals surface area (Å²) < 4.78 is 27.7. The molecule has 0 aliphatic carbocycles. The van der Waals surface area contributed by atoms with Crippen molar-refractivity contribution in [3.63, 3.8) is 0 Å². The van der Waals surface area contributed by atoms with E-state index in [2.05, 4.69) is 5.10 Å². The van der Waals surface area contributed by atoms with Crippen molar-refractivity contribution in [1.29, 1.82) is 0 Å². The molecule has 0 unspecified atom stereocenters. The fourth-order valence-corrected chi connectivity index (χ4v) is 1.45. The second-order valence-corrected chi connectivity index (χ2v) is 3.67. The van der Waals surface area contributed by atoms with Crippen LogP contribution in [0.25, 0.3) is 5.69 Å². The van der Waals surface area contributed by atoms with Gasteiger partial charge in [-0.15, -0.1) is 0 Å². The van der Waals surface area contributed by atoms with E-state index in [0.29, 0.717) is 0 Å². The smallest absolute Gasteiger partial charge is 0.360 e. The minimum Gasteiger partial charge on any atom is -0.504 e. The summed E-state index contributed by atoms with van der Waals surface area (Å²) in [6.45, 7) is 1.39. The average molecular weight is 254 g/mol. The summed E-state index contributed by atoms with van der Waals surface area (Å²) in [7, 11) is 0. The quantitative estimate of drug-likeness (QED) is 0.857. The molecule has 0 radical (unpaired) electrons. The van der Waals surface area contributed by atoms with Crippen molar-refractivity contribution in [2.24, 2.45) is 0 Å². The number of hydrogen-bond acceptors (Lipinski definition) is 3. The lowest BCUT2D eigenvalue weighted by Crippen LogP contribution is -2.04. The summed E-state index contributed by atoms with van der Waals surface area (Å²) in [5, 5.41) is 21.5. The van der Waals surface area contributed by atoms with Crippen molar-refractivity contribution >= 4 is 5.97 Å². The number of nitrogens with zero attached hydrogens (tertiary/aromatic N) is 2. The Bertz CT molecular complexity index is 637. The van der Waals surface area contributed by atoms with Crippen LogP contribution in [0, 0.1) is 18.6 Å². The number of carboxylic acid groups (broad SMARTS) is 1. The normalized spacial score (nSPS) is 10.6. The lowest BCUT2D eigenvalue weighted by Gasteiger charge is -2.04. The van der Waals surface area contributed by atoms with Crippen LogP contribution in [-0.2, 0) is 0 Å². The molecule has 0 atom stereocenters. The Labute approximate surface area is 99.9 Å². The zero-order valence-electron chi connectivity index (χ0n) is 9.19.